The number of aryl methyl sites for hydroxylation is 1. The summed E-state index contributed by atoms with van der Waals surface area (Å²) in [5.41, 5.74) is -6.40. The van der Waals surface area contributed by atoms with Crippen LogP contribution < -0.4 is 5.56 Å². The number of aromatic nitrogens is 2. The minimum absolute atomic E-state index is 0.00243. The molecular formula is C25H18F6N2O3. The summed E-state index contributed by atoms with van der Waals surface area (Å²) in [6.45, 7) is 1.22. The van der Waals surface area contributed by atoms with E-state index in [0.717, 1.165) is 16.2 Å². The van der Waals surface area contributed by atoms with Gasteiger partial charge in [-0.05, 0) is 42.3 Å². The highest BCUT2D eigenvalue weighted by molar-refractivity contribution is 5.79. The topological polar surface area (TPSA) is 75.3 Å². The number of hydrogen-bond donors (Lipinski definition) is 2. The van der Waals surface area contributed by atoms with E-state index in [1.807, 2.05) is 0 Å². The van der Waals surface area contributed by atoms with Crippen LogP contribution in [-0.2, 0) is 12.0 Å². The van der Waals surface area contributed by atoms with Crippen LogP contribution in [0, 0.1) is 6.92 Å². The molecule has 0 unspecified atom stereocenters. The molecule has 2 N–H and O–H groups in total. The number of fused-ring (bicyclic) bond motifs is 1. The number of benzene rings is 3. The van der Waals surface area contributed by atoms with E-state index in [0.29, 0.717) is 12.1 Å². The van der Waals surface area contributed by atoms with Crippen LogP contribution in [0.15, 0.2) is 71.5 Å². The van der Waals surface area contributed by atoms with E-state index in [1.165, 1.54) is 25.1 Å². The van der Waals surface area contributed by atoms with Crippen molar-refractivity contribution in [1.29, 1.82) is 0 Å². The van der Waals surface area contributed by atoms with Crippen molar-refractivity contribution in [3.8, 4) is 11.4 Å². The summed E-state index contributed by atoms with van der Waals surface area (Å²) in [6, 6.07) is 14.7. The Morgan fingerprint density at radius 1 is 0.889 bits per heavy atom. The first-order valence-corrected chi connectivity index (χ1v) is 10.5. The summed E-state index contributed by atoms with van der Waals surface area (Å²) < 4.78 is 81.3. The number of aromatic hydroxyl groups is 1. The largest absolute Gasteiger partial charge is 0.508 e. The third kappa shape index (κ3) is 4.19. The standard InChI is InChI=1S/C25H18F6N2O3/c1-14-11-16(23(36,24(26,27)28)25(29,30)31)7-10-20(14)33-21(12-15-5-3-2-4-6-15)32-19-9-8-17(34)13-18(19)22(33)35/h2-11,13,34,36H,12H2,1H3. The quantitative estimate of drug-likeness (QED) is 0.367. The number of phenols is 1. The van der Waals surface area contributed by atoms with Crippen LogP contribution in [0.25, 0.3) is 16.6 Å². The zero-order valence-electron chi connectivity index (χ0n) is 18.5. The van der Waals surface area contributed by atoms with Crippen LogP contribution in [0.3, 0.4) is 0 Å². The minimum Gasteiger partial charge on any atom is -0.508 e. The van der Waals surface area contributed by atoms with Crippen LogP contribution in [0.5, 0.6) is 5.75 Å². The van der Waals surface area contributed by atoms with Crippen LogP contribution in [0.4, 0.5) is 26.3 Å². The fourth-order valence-corrected chi connectivity index (χ4v) is 3.98. The first kappa shape index (κ1) is 25.2. The van der Waals surface area contributed by atoms with Crippen molar-refractivity contribution < 1.29 is 36.6 Å². The third-order valence-corrected chi connectivity index (χ3v) is 5.80. The highest BCUT2D eigenvalue weighted by Gasteiger charge is 2.71. The van der Waals surface area contributed by atoms with Gasteiger partial charge < -0.3 is 10.2 Å². The Bertz CT molecular complexity index is 1480. The van der Waals surface area contributed by atoms with Crippen LogP contribution in [-0.4, -0.2) is 32.1 Å². The molecule has 0 aliphatic carbocycles. The van der Waals surface area contributed by atoms with E-state index >= 15 is 0 Å². The maximum absolute atomic E-state index is 13.4. The van der Waals surface area contributed by atoms with Gasteiger partial charge in [0.2, 0.25) is 0 Å². The van der Waals surface area contributed by atoms with E-state index in [4.69, 9.17) is 0 Å². The highest BCUT2D eigenvalue weighted by atomic mass is 19.4. The van der Waals surface area contributed by atoms with Crippen LogP contribution in [0.2, 0.25) is 0 Å². The minimum atomic E-state index is -6.05. The average Bonchev–Trinajstić information content (AvgIpc) is 2.79. The Labute approximate surface area is 199 Å². The van der Waals surface area contributed by atoms with Gasteiger partial charge in [0.25, 0.3) is 11.2 Å². The normalized spacial score (nSPS) is 12.8. The molecule has 0 spiro atoms. The molecule has 0 aliphatic heterocycles. The van der Waals surface area contributed by atoms with Gasteiger partial charge >= 0.3 is 12.4 Å². The lowest BCUT2D eigenvalue weighted by Gasteiger charge is -2.33. The summed E-state index contributed by atoms with van der Waals surface area (Å²) in [4.78, 5) is 17.9. The van der Waals surface area contributed by atoms with E-state index in [-0.39, 0.29) is 40.1 Å². The lowest BCUT2D eigenvalue weighted by Crippen LogP contribution is -2.54. The van der Waals surface area contributed by atoms with E-state index < -0.39 is 29.1 Å². The molecular weight excluding hydrogens is 490 g/mol. The molecule has 0 saturated heterocycles. The molecule has 0 aliphatic rings. The van der Waals surface area contributed by atoms with Crippen molar-refractivity contribution in [2.75, 3.05) is 0 Å². The highest BCUT2D eigenvalue weighted by Crippen LogP contribution is 2.50. The molecule has 11 heteroatoms. The van der Waals surface area contributed by atoms with Gasteiger partial charge in [-0.25, -0.2) is 4.98 Å². The molecule has 0 fully saturated rings. The maximum atomic E-state index is 13.4. The molecule has 1 heterocycles. The monoisotopic (exact) mass is 508 g/mol. The molecule has 36 heavy (non-hydrogen) atoms. The Kier molecular flexibility index (Phi) is 6.07. The van der Waals surface area contributed by atoms with Crippen molar-refractivity contribution in [3.63, 3.8) is 0 Å². The van der Waals surface area contributed by atoms with Gasteiger partial charge in [-0.3, -0.25) is 9.36 Å². The van der Waals surface area contributed by atoms with Gasteiger partial charge in [0.05, 0.1) is 16.6 Å². The van der Waals surface area contributed by atoms with Crippen molar-refractivity contribution in [2.45, 2.75) is 31.3 Å². The first-order chi connectivity index (χ1) is 16.7. The van der Waals surface area contributed by atoms with Crippen molar-refractivity contribution in [3.05, 3.63) is 99.6 Å². The molecule has 4 aromatic rings. The van der Waals surface area contributed by atoms with Gasteiger partial charge in [-0.1, -0.05) is 42.5 Å². The van der Waals surface area contributed by atoms with Crippen LogP contribution in [0.1, 0.15) is 22.5 Å². The second kappa shape index (κ2) is 8.66. The Morgan fingerprint density at radius 2 is 1.53 bits per heavy atom. The van der Waals surface area contributed by atoms with E-state index in [1.54, 1.807) is 30.3 Å². The Balaban J connectivity index is 1.97. The second-order valence-corrected chi connectivity index (χ2v) is 8.24. The number of halogens is 6. The van der Waals surface area contributed by atoms with E-state index in [9.17, 15) is 41.4 Å². The fourth-order valence-electron chi connectivity index (χ4n) is 3.98. The smallest absolute Gasteiger partial charge is 0.430 e. The average molecular weight is 508 g/mol. The number of aliphatic hydroxyl groups is 1. The van der Waals surface area contributed by atoms with Crippen molar-refractivity contribution >= 4 is 10.9 Å². The number of phenolic OH excluding ortho intramolecular Hbond substituents is 1. The van der Waals surface area contributed by atoms with Gasteiger partial charge in [0.15, 0.2) is 0 Å². The lowest BCUT2D eigenvalue weighted by molar-refractivity contribution is -0.376. The predicted molar refractivity (Wildman–Crippen MR) is 119 cm³/mol. The fraction of sp³-hybridized carbons (Fsp3) is 0.200. The zero-order chi connectivity index (χ0) is 26.5. The molecule has 5 nitrogen and oxygen atoms in total. The second-order valence-electron chi connectivity index (χ2n) is 8.24. The SMILES string of the molecule is Cc1cc(C(O)(C(F)(F)F)C(F)(F)F)ccc1-n1c(Cc2ccccc2)nc2ccc(O)cc2c1=O. The summed E-state index contributed by atoms with van der Waals surface area (Å²) >= 11 is 0. The number of hydrogen-bond acceptors (Lipinski definition) is 4. The molecule has 1 aromatic heterocycles. The molecule has 4 rings (SSSR count). The molecule has 0 atom stereocenters. The molecule has 0 amide bonds. The Hall–Kier alpha value is -3.86. The number of alkyl halides is 6. The first-order valence-electron chi connectivity index (χ1n) is 10.5. The van der Waals surface area contributed by atoms with Crippen molar-refractivity contribution in [1.82, 2.24) is 9.55 Å². The summed E-state index contributed by atoms with van der Waals surface area (Å²) in [7, 11) is 0. The van der Waals surface area contributed by atoms with Gasteiger partial charge in [0.1, 0.15) is 11.6 Å². The van der Waals surface area contributed by atoms with Crippen LogP contribution >= 0.6 is 0 Å². The zero-order valence-corrected chi connectivity index (χ0v) is 18.5. The number of nitrogens with zero attached hydrogens (tertiary/aromatic N) is 2. The third-order valence-electron chi connectivity index (χ3n) is 5.80. The van der Waals surface area contributed by atoms with Crippen molar-refractivity contribution in [2.24, 2.45) is 0 Å². The maximum Gasteiger partial charge on any atom is 0.430 e. The molecule has 3 aromatic carbocycles. The van der Waals surface area contributed by atoms with E-state index in [2.05, 4.69) is 4.98 Å². The summed E-state index contributed by atoms with van der Waals surface area (Å²) in [5.74, 6) is -0.0570. The molecule has 188 valence electrons. The summed E-state index contributed by atoms with van der Waals surface area (Å²) in [5, 5.41) is 19.6. The van der Waals surface area contributed by atoms with Gasteiger partial charge in [-0.15, -0.1) is 0 Å². The lowest BCUT2D eigenvalue weighted by atomic mass is 9.90. The summed E-state index contributed by atoms with van der Waals surface area (Å²) in [6.07, 6.45) is -12.0. The molecule has 0 saturated carbocycles. The predicted octanol–water partition coefficient (Wildman–Crippen LogP) is 5.30. The van der Waals surface area contributed by atoms with Gasteiger partial charge in [-0.2, -0.15) is 26.3 Å². The Morgan fingerprint density at radius 3 is 2.11 bits per heavy atom. The number of rotatable bonds is 4. The van der Waals surface area contributed by atoms with Gasteiger partial charge in [0, 0.05) is 12.0 Å². The molecule has 0 radical (unpaired) electrons. The molecule has 0 bridgehead atoms.